The van der Waals surface area contributed by atoms with Crippen LogP contribution in [0.2, 0.25) is 0 Å². The molecule has 0 bridgehead atoms. The maximum absolute atomic E-state index is 5.61. The fourth-order valence-electron chi connectivity index (χ4n) is 3.67. The summed E-state index contributed by atoms with van der Waals surface area (Å²) >= 11 is 0. The largest absolute Gasteiger partial charge is 0.382 e. The minimum absolute atomic E-state index is 0. The van der Waals surface area contributed by atoms with Gasteiger partial charge < -0.3 is 15.4 Å². The Hall–Kier alpha value is -0.830. The van der Waals surface area contributed by atoms with Crippen molar-refractivity contribution in [3.8, 4) is 0 Å². The molecule has 27 heavy (non-hydrogen) atoms. The van der Waals surface area contributed by atoms with Gasteiger partial charge >= 0.3 is 0 Å². The molecule has 2 N–H and O–H groups in total. The summed E-state index contributed by atoms with van der Waals surface area (Å²) in [5, 5.41) is 11.2. The topological polar surface area (TPSA) is 63.5 Å². The Morgan fingerprint density at radius 3 is 2.70 bits per heavy atom. The monoisotopic (exact) mass is 491 g/mol. The van der Waals surface area contributed by atoms with E-state index in [1.807, 2.05) is 10.9 Å². The zero-order valence-corrected chi connectivity index (χ0v) is 19.6. The Balaban J connectivity index is 0.00000364. The third-order valence-corrected chi connectivity index (χ3v) is 5.18. The molecule has 0 radical (unpaired) electrons. The van der Waals surface area contributed by atoms with Crippen LogP contribution in [0.1, 0.15) is 57.9 Å². The standard InChI is InChI=1S/C20H37N5O.HI/c1-4-21-19(22-12-8-13-25-16-18(3)15-24-25)23-17-20(9-6-7-10-20)11-14-26-5-2;/h15-16H,4-14,17H2,1-3H3,(H2,21,22,23);1H. The highest BCUT2D eigenvalue weighted by Gasteiger charge is 2.33. The molecule has 0 spiro atoms. The molecule has 1 saturated carbocycles. The number of aromatic nitrogens is 2. The van der Waals surface area contributed by atoms with E-state index in [1.54, 1.807) is 0 Å². The summed E-state index contributed by atoms with van der Waals surface area (Å²) in [6.07, 6.45) is 11.4. The number of hydrogen-bond acceptors (Lipinski definition) is 3. The summed E-state index contributed by atoms with van der Waals surface area (Å²) in [5.41, 5.74) is 1.55. The van der Waals surface area contributed by atoms with Gasteiger partial charge in [0.15, 0.2) is 5.96 Å². The summed E-state index contributed by atoms with van der Waals surface area (Å²) in [6, 6.07) is 0. The minimum atomic E-state index is 0. The zero-order chi connectivity index (χ0) is 18.7. The van der Waals surface area contributed by atoms with Crippen molar-refractivity contribution in [3.63, 3.8) is 0 Å². The smallest absolute Gasteiger partial charge is 0.191 e. The fraction of sp³-hybridized carbons (Fsp3) is 0.800. The van der Waals surface area contributed by atoms with Crippen LogP contribution in [0, 0.1) is 12.3 Å². The van der Waals surface area contributed by atoms with Gasteiger partial charge in [-0.2, -0.15) is 5.10 Å². The number of aryl methyl sites for hydroxylation is 2. The van der Waals surface area contributed by atoms with Gasteiger partial charge in [0.1, 0.15) is 0 Å². The van der Waals surface area contributed by atoms with Crippen molar-refractivity contribution in [2.75, 3.05) is 32.8 Å². The van der Waals surface area contributed by atoms with E-state index < -0.39 is 0 Å². The van der Waals surface area contributed by atoms with E-state index in [4.69, 9.17) is 9.73 Å². The molecule has 6 nitrogen and oxygen atoms in total. The normalized spacial score (nSPS) is 16.2. The van der Waals surface area contributed by atoms with Crippen molar-refractivity contribution in [3.05, 3.63) is 18.0 Å². The summed E-state index contributed by atoms with van der Waals surface area (Å²) in [6.45, 7) is 11.5. The van der Waals surface area contributed by atoms with Crippen molar-refractivity contribution < 1.29 is 4.74 Å². The van der Waals surface area contributed by atoms with Crippen LogP contribution in [-0.4, -0.2) is 48.6 Å². The Labute approximate surface area is 181 Å². The minimum Gasteiger partial charge on any atom is -0.382 e. The molecule has 0 amide bonds. The van der Waals surface area contributed by atoms with E-state index in [0.29, 0.717) is 5.41 Å². The highest BCUT2D eigenvalue weighted by Crippen LogP contribution is 2.41. The maximum atomic E-state index is 5.61. The predicted octanol–water partition coefficient (Wildman–Crippen LogP) is 3.74. The number of hydrogen-bond donors (Lipinski definition) is 2. The molecule has 0 aliphatic heterocycles. The Bertz CT molecular complexity index is 540. The van der Waals surface area contributed by atoms with Crippen molar-refractivity contribution in [2.24, 2.45) is 10.4 Å². The third kappa shape index (κ3) is 8.81. The summed E-state index contributed by atoms with van der Waals surface area (Å²) < 4.78 is 7.61. The van der Waals surface area contributed by atoms with Crippen molar-refractivity contribution >= 4 is 29.9 Å². The van der Waals surface area contributed by atoms with E-state index in [-0.39, 0.29) is 24.0 Å². The Morgan fingerprint density at radius 2 is 2.07 bits per heavy atom. The van der Waals surface area contributed by atoms with Gasteiger partial charge in [-0.05, 0) is 57.4 Å². The molecule has 0 saturated heterocycles. The first-order valence-corrected chi connectivity index (χ1v) is 10.3. The molecule has 1 aliphatic carbocycles. The second-order valence-electron chi connectivity index (χ2n) is 7.41. The van der Waals surface area contributed by atoms with Crippen LogP contribution >= 0.6 is 24.0 Å². The molecular weight excluding hydrogens is 453 g/mol. The van der Waals surface area contributed by atoms with Gasteiger partial charge in [-0.3, -0.25) is 9.67 Å². The second kappa shape index (κ2) is 13.4. The maximum Gasteiger partial charge on any atom is 0.191 e. The SMILES string of the molecule is CCNC(=NCC1(CCOCC)CCCC1)NCCCn1cc(C)cn1.I. The lowest BCUT2D eigenvalue weighted by Crippen LogP contribution is -2.39. The molecule has 1 aromatic heterocycles. The highest BCUT2D eigenvalue weighted by atomic mass is 127. The average Bonchev–Trinajstić information content (AvgIpc) is 3.26. The van der Waals surface area contributed by atoms with E-state index in [1.165, 1.54) is 31.2 Å². The zero-order valence-electron chi connectivity index (χ0n) is 17.3. The van der Waals surface area contributed by atoms with E-state index >= 15 is 0 Å². The van der Waals surface area contributed by atoms with Gasteiger partial charge in [-0.15, -0.1) is 24.0 Å². The van der Waals surface area contributed by atoms with E-state index in [9.17, 15) is 0 Å². The summed E-state index contributed by atoms with van der Waals surface area (Å²) in [4.78, 5) is 4.91. The molecule has 1 fully saturated rings. The van der Waals surface area contributed by atoms with Crippen LogP contribution in [0.25, 0.3) is 0 Å². The Kier molecular flexibility index (Phi) is 12.0. The Morgan fingerprint density at radius 1 is 1.30 bits per heavy atom. The molecule has 0 atom stereocenters. The van der Waals surface area contributed by atoms with Crippen LogP contribution in [-0.2, 0) is 11.3 Å². The van der Waals surface area contributed by atoms with Gasteiger partial charge in [0, 0.05) is 45.6 Å². The number of aliphatic imine (C=N–C) groups is 1. The van der Waals surface area contributed by atoms with Crippen LogP contribution in [0.15, 0.2) is 17.4 Å². The summed E-state index contributed by atoms with van der Waals surface area (Å²) in [5.74, 6) is 0.937. The van der Waals surface area contributed by atoms with Gasteiger partial charge in [-0.25, -0.2) is 0 Å². The molecule has 2 rings (SSSR count). The van der Waals surface area contributed by atoms with Crippen LogP contribution in [0.3, 0.4) is 0 Å². The van der Waals surface area contributed by atoms with E-state index in [2.05, 4.69) is 42.7 Å². The van der Waals surface area contributed by atoms with Gasteiger partial charge in [0.05, 0.1) is 6.20 Å². The molecule has 156 valence electrons. The lowest BCUT2D eigenvalue weighted by molar-refractivity contribution is 0.107. The van der Waals surface area contributed by atoms with Crippen LogP contribution in [0.5, 0.6) is 0 Å². The van der Waals surface area contributed by atoms with Crippen molar-refractivity contribution in [1.29, 1.82) is 0 Å². The number of guanidine groups is 1. The van der Waals surface area contributed by atoms with E-state index in [0.717, 1.165) is 58.2 Å². The number of ether oxygens (including phenoxy) is 1. The molecule has 1 aliphatic rings. The van der Waals surface area contributed by atoms with Crippen LogP contribution in [0.4, 0.5) is 0 Å². The van der Waals surface area contributed by atoms with Gasteiger partial charge in [0.25, 0.3) is 0 Å². The van der Waals surface area contributed by atoms with Gasteiger partial charge in [0.2, 0.25) is 0 Å². The van der Waals surface area contributed by atoms with Crippen molar-refractivity contribution in [1.82, 2.24) is 20.4 Å². The second-order valence-corrected chi connectivity index (χ2v) is 7.41. The van der Waals surface area contributed by atoms with Crippen molar-refractivity contribution in [2.45, 2.75) is 65.8 Å². The lowest BCUT2D eigenvalue weighted by Gasteiger charge is -2.27. The fourth-order valence-corrected chi connectivity index (χ4v) is 3.67. The molecular formula is C20H38IN5O. The molecule has 0 unspecified atom stereocenters. The predicted molar refractivity (Wildman–Crippen MR) is 123 cm³/mol. The number of rotatable bonds is 11. The third-order valence-electron chi connectivity index (χ3n) is 5.18. The van der Waals surface area contributed by atoms with Gasteiger partial charge in [-0.1, -0.05) is 12.8 Å². The lowest BCUT2D eigenvalue weighted by atomic mass is 9.83. The molecule has 0 aromatic carbocycles. The quantitative estimate of drug-likeness (QED) is 0.214. The number of nitrogens with one attached hydrogen (secondary N) is 2. The average molecular weight is 491 g/mol. The molecule has 1 aromatic rings. The highest BCUT2D eigenvalue weighted by molar-refractivity contribution is 14.0. The number of halogens is 1. The summed E-state index contributed by atoms with van der Waals surface area (Å²) in [7, 11) is 0. The van der Waals surface area contributed by atoms with Crippen LogP contribution < -0.4 is 10.6 Å². The molecule has 7 heteroatoms. The first-order chi connectivity index (χ1) is 12.7. The molecule has 1 heterocycles. The number of nitrogens with zero attached hydrogens (tertiary/aromatic N) is 3. The first kappa shape index (κ1) is 24.2. The first-order valence-electron chi connectivity index (χ1n) is 10.3.